The number of ether oxygens (including phenoxy) is 1. The van der Waals surface area contributed by atoms with Gasteiger partial charge in [-0.2, -0.15) is 0 Å². The zero-order chi connectivity index (χ0) is 16.5. The van der Waals surface area contributed by atoms with E-state index < -0.39 is 0 Å². The number of unbranched alkanes of at least 4 members (excludes halogenated alkanes) is 5. The molecule has 0 radical (unpaired) electrons. The monoisotopic (exact) mass is 339 g/mol. The van der Waals surface area contributed by atoms with E-state index in [0.29, 0.717) is 0 Å². The maximum absolute atomic E-state index is 9.14. The van der Waals surface area contributed by atoms with Crippen molar-refractivity contribution in [1.82, 2.24) is 5.32 Å². The van der Waals surface area contributed by atoms with E-state index >= 15 is 0 Å². The van der Waals surface area contributed by atoms with Crippen molar-refractivity contribution in [3.8, 4) is 5.75 Å². The normalized spacial score (nSPS) is 20.8. The van der Waals surface area contributed by atoms with Crippen molar-refractivity contribution < 1.29 is 9.84 Å². The average Bonchev–Trinajstić information content (AvgIpc) is 3.00. The van der Waals surface area contributed by atoms with Crippen molar-refractivity contribution in [3.63, 3.8) is 0 Å². The zero-order valence-corrected chi connectivity index (χ0v) is 14.9. The average molecular weight is 340 g/mol. The van der Waals surface area contributed by atoms with E-state index in [1.165, 1.54) is 44.1 Å². The molecule has 0 aromatic heterocycles. The quantitative estimate of drug-likeness (QED) is 0.623. The summed E-state index contributed by atoms with van der Waals surface area (Å²) in [4.78, 5) is 0. The third-order valence-electron chi connectivity index (χ3n) is 4.53. The maximum atomic E-state index is 9.14. The Labute approximate surface area is 145 Å². The molecule has 0 amide bonds. The molecule has 1 aromatic carbocycles. The molecule has 130 valence electrons. The number of rotatable bonds is 10. The molecule has 1 aromatic rings. The Kier molecular flexibility index (Phi) is 8.21. The minimum atomic E-state index is 0.118. The molecule has 0 bridgehead atoms. The predicted molar refractivity (Wildman–Crippen MR) is 96.4 cm³/mol. The minimum Gasteiger partial charge on any atom is -0.489 e. The highest BCUT2D eigenvalue weighted by Gasteiger charge is 2.24. The van der Waals surface area contributed by atoms with E-state index in [0.717, 1.165) is 30.2 Å². The van der Waals surface area contributed by atoms with E-state index in [9.17, 15) is 0 Å². The van der Waals surface area contributed by atoms with Crippen molar-refractivity contribution in [2.24, 2.45) is 0 Å². The number of nitrogens with one attached hydrogen (secondary N) is 1. The first-order valence-electron chi connectivity index (χ1n) is 9.02. The molecule has 4 heteroatoms. The van der Waals surface area contributed by atoms with Gasteiger partial charge in [-0.3, -0.25) is 0 Å². The fraction of sp³-hybridized carbons (Fsp3) is 0.684. The Morgan fingerprint density at radius 2 is 2.00 bits per heavy atom. The lowest BCUT2D eigenvalue weighted by atomic mass is 10.0. The number of aliphatic hydroxyl groups excluding tert-OH is 1. The number of halogens is 1. The number of aliphatic hydroxyl groups is 1. The molecular weight excluding hydrogens is 310 g/mol. The molecular formula is C19H30ClNO2. The topological polar surface area (TPSA) is 41.5 Å². The second-order valence-electron chi connectivity index (χ2n) is 6.53. The Bertz CT molecular complexity index is 467. The summed E-state index contributed by atoms with van der Waals surface area (Å²) in [5.41, 5.74) is 1.22. The standard InChI is InChI=1S/C19H30ClNO2/c1-2-3-4-5-6-7-8-15-9-10-17(12-19(15)20)23-18-11-16(14-22)21-13-18/h9-10,12,16,18,21-22H,2-8,11,13-14H2,1H3/t16?,18-/m0/s1. The van der Waals surface area contributed by atoms with Gasteiger partial charge in [-0.05, 0) is 30.5 Å². The van der Waals surface area contributed by atoms with Crippen molar-refractivity contribution in [2.45, 2.75) is 70.4 Å². The van der Waals surface area contributed by atoms with Gasteiger partial charge in [0.1, 0.15) is 11.9 Å². The smallest absolute Gasteiger partial charge is 0.121 e. The SMILES string of the molecule is CCCCCCCCc1ccc(O[C@@H]2CNC(CO)C2)cc1Cl. The van der Waals surface area contributed by atoms with Crippen molar-refractivity contribution in [1.29, 1.82) is 0 Å². The summed E-state index contributed by atoms with van der Waals surface area (Å²) in [6.07, 6.45) is 9.81. The van der Waals surface area contributed by atoms with E-state index in [-0.39, 0.29) is 18.8 Å². The van der Waals surface area contributed by atoms with E-state index in [1.807, 2.05) is 12.1 Å². The summed E-state index contributed by atoms with van der Waals surface area (Å²) in [7, 11) is 0. The van der Waals surface area contributed by atoms with Crippen molar-refractivity contribution in [2.75, 3.05) is 13.2 Å². The van der Waals surface area contributed by atoms with Crippen LogP contribution in [0.3, 0.4) is 0 Å². The van der Waals surface area contributed by atoms with Crippen LogP contribution >= 0.6 is 11.6 Å². The van der Waals surface area contributed by atoms with Crippen LogP contribution in [0.1, 0.15) is 57.4 Å². The third kappa shape index (κ3) is 6.33. The predicted octanol–water partition coefficient (Wildman–Crippen LogP) is 4.34. The van der Waals surface area contributed by atoms with Crippen LogP contribution in [0.25, 0.3) is 0 Å². The van der Waals surface area contributed by atoms with Gasteiger partial charge in [0.2, 0.25) is 0 Å². The second kappa shape index (κ2) is 10.2. The Morgan fingerprint density at radius 1 is 1.22 bits per heavy atom. The lowest BCUT2D eigenvalue weighted by molar-refractivity contribution is 0.206. The van der Waals surface area contributed by atoms with Crippen LogP contribution in [0.4, 0.5) is 0 Å². The van der Waals surface area contributed by atoms with Gasteiger partial charge in [0.15, 0.2) is 0 Å². The first kappa shape index (κ1) is 18.6. The van der Waals surface area contributed by atoms with Crippen LogP contribution in [0.2, 0.25) is 5.02 Å². The molecule has 0 aliphatic carbocycles. The Hall–Kier alpha value is -0.770. The summed E-state index contributed by atoms with van der Waals surface area (Å²) in [5.74, 6) is 0.826. The number of aryl methyl sites for hydroxylation is 1. The van der Waals surface area contributed by atoms with Crippen molar-refractivity contribution in [3.05, 3.63) is 28.8 Å². The maximum Gasteiger partial charge on any atom is 0.121 e. The van der Waals surface area contributed by atoms with Crippen LogP contribution in [0.5, 0.6) is 5.75 Å². The molecule has 1 aliphatic rings. The lowest BCUT2D eigenvalue weighted by Gasteiger charge is -2.14. The molecule has 1 fully saturated rings. The van der Waals surface area contributed by atoms with E-state index in [2.05, 4.69) is 18.3 Å². The second-order valence-corrected chi connectivity index (χ2v) is 6.94. The third-order valence-corrected chi connectivity index (χ3v) is 4.88. The van der Waals surface area contributed by atoms with E-state index in [4.69, 9.17) is 21.4 Å². The molecule has 2 N–H and O–H groups in total. The largest absolute Gasteiger partial charge is 0.489 e. The summed E-state index contributed by atoms with van der Waals surface area (Å²) in [5, 5.41) is 13.2. The van der Waals surface area contributed by atoms with Gasteiger partial charge in [-0.15, -0.1) is 0 Å². The van der Waals surface area contributed by atoms with Crippen LogP contribution in [-0.2, 0) is 6.42 Å². The Balaban J connectivity index is 1.74. The number of hydrogen-bond donors (Lipinski definition) is 2. The number of hydrogen-bond acceptors (Lipinski definition) is 3. The molecule has 23 heavy (non-hydrogen) atoms. The van der Waals surface area contributed by atoms with Gasteiger partial charge in [0, 0.05) is 24.0 Å². The minimum absolute atomic E-state index is 0.118. The molecule has 0 saturated carbocycles. The molecule has 2 atom stereocenters. The highest BCUT2D eigenvalue weighted by atomic mass is 35.5. The fourth-order valence-corrected chi connectivity index (χ4v) is 3.37. The van der Waals surface area contributed by atoms with Crippen molar-refractivity contribution >= 4 is 11.6 Å². The lowest BCUT2D eigenvalue weighted by Crippen LogP contribution is -2.25. The van der Waals surface area contributed by atoms with Gasteiger partial charge in [0.05, 0.1) is 6.61 Å². The molecule has 1 saturated heterocycles. The summed E-state index contributed by atoms with van der Waals surface area (Å²) in [6.45, 7) is 3.19. The van der Waals surface area contributed by atoms with Gasteiger partial charge < -0.3 is 15.2 Å². The molecule has 3 nitrogen and oxygen atoms in total. The zero-order valence-electron chi connectivity index (χ0n) is 14.2. The molecule has 0 spiro atoms. The van der Waals surface area contributed by atoms with Gasteiger partial charge in [-0.25, -0.2) is 0 Å². The summed E-state index contributed by atoms with van der Waals surface area (Å²) in [6, 6.07) is 6.20. The fourth-order valence-electron chi connectivity index (χ4n) is 3.10. The first-order chi connectivity index (χ1) is 11.2. The summed E-state index contributed by atoms with van der Waals surface area (Å²) >= 11 is 6.40. The highest BCUT2D eigenvalue weighted by molar-refractivity contribution is 6.31. The molecule has 1 heterocycles. The highest BCUT2D eigenvalue weighted by Crippen LogP contribution is 2.26. The first-order valence-corrected chi connectivity index (χ1v) is 9.40. The van der Waals surface area contributed by atoms with Crippen LogP contribution in [0, 0.1) is 0 Å². The van der Waals surface area contributed by atoms with Gasteiger partial charge in [0.25, 0.3) is 0 Å². The number of benzene rings is 1. The molecule has 1 aliphatic heterocycles. The Morgan fingerprint density at radius 3 is 2.70 bits per heavy atom. The van der Waals surface area contributed by atoms with Crippen LogP contribution < -0.4 is 10.1 Å². The molecule has 2 rings (SSSR count). The van der Waals surface area contributed by atoms with Crippen LogP contribution in [-0.4, -0.2) is 30.4 Å². The van der Waals surface area contributed by atoms with Gasteiger partial charge in [-0.1, -0.05) is 56.7 Å². The summed E-state index contributed by atoms with van der Waals surface area (Å²) < 4.78 is 5.96. The molecule has 1 unspecified atom stereocenters. The van der Waals surface area contributed by atoms with Crippen LogP contribution in [0.15, 0.2) is 18.2 Å². The van der Waals surface area contributed by atoms with E-state index in [1.54, 1.807) is 0 Å². The van der Waals surface area contributed by atoms with Gasteiger partial charge >= 0.3 is 0 Å².